The summed E-state index contributed by atoms with van der Waals surface area (Å²) in [5.74, 6) is 1.79. The van der Waals surface area contributed by atoms with E-state index in [1.807, 2.05) is 30.3 Å². The van der Waals surface area contributed by atoms with Gasteiger partial charge in [0, 0.05) is 13.7 Å². The number of furan rings is 1. The lowest BCUT2D eigenvalue weighted by Crippen LogP contribution is -2.14. The molecule has 22 heavy (non-hydrogen) atoms. The predicted molar refractivity (Wildman–Crippen MR) is 90.1 cm³/mol. The van der Waals surface area contributed by atoms with Crippen LogP contribution in [-0.2, 0) is 11.3 Å². The Kier molecular flexibility index (Phi) is 5.21. The van der Waals surface area contributed by atoms with E-state index in [0.717, 1.165) is 54.6 Å². The first-order valence-corrected chi connectivity index (χ1v) is 8.33. The second-order valence-corrected chi connectivity index (χ2v) is 6.16. The summed E-state index contributed by atoms with van der Waals surface area (Å²) in [7, 11) is 1.74. The highest BCUT2D eigenvalue weighted by atomic mass is 32.1. The molecule has 0 atom stereocenters. The highest BCUT2D eigenvalue weighted by Gasteiger charge is 2.10. The number of ether oxygens (including phenoxy) is 1. The Morgan fingerprint density at radius 3 is 2.95 bits per heavy atom. The lowest BCUT2D eigenvalue weighted by Gasteiger charge is -2.02. The molecule has 5 heteroatoms. The molecule has 2 aromatic heterocycles. The maximum atomic E-state index is 5.89. The maximum Gasteiger partial charge on any atom is 0.163 e. The third-order valence-corrected chi connectivity index (χ3v) is 4.47. The van der Waals surface area contributed by atoms with E-state index in [1.165, 1.54) is 4.70 Å². The minimum Gasteiger partial charge on any atom is -0.457 e. The Bertz CT molecular complexity index is 687. The second kappa shape index (κ2) is 7.54. The molecule has 0 bridgehead atoms. The van der Waals surface area contributed by atoms with E-state index in [9.17, 15) is 0 Å². The smallest absolute Gasteiger partial charge is 0.163 e. The van der Waals surface area contributed by atoms with E-state index in [-0.39, 0.29) is 0 Å². The lowest BCUT2D eigenvalue weighted by molar-refractivity contribution is 0.192. The molecule has 0 radical (unpaired) electrons. The molecule has 0 aliphatic rings. The molecule has 0 saturated heterocycles. The molecule has 3 rings (SSSR count). The first kappa shape index (κ1) is 15.2. The van der Waals surface area contributed by atoms with Gasteiger partial charge in [-0.25, -0.2) is 4.98 Å². The number of hydrogen-bond acceptors (Lipinski definition) is 5. The molecule has 1 N–H and O–H groups in total. The monoisotopic (exact) mass is 316 g/mol. The lowest BCUT2D eigenvalue weighted by atomic mass is 10.3. The van der Waals surface area contributed by atoms with E-state index >= 15 is 0 Å². The van der Waals surface area contributed by atoms with Gasteiger partial charge in [-0.05, 0) is 43.7 Å². The van der Waals surface area contributed by atoms with Gasteiger partial charge in [-0.3, -0.25) is 0 Å². The van der Waals surface area contributed by atoms with Crippen molar-refractivity contribution in [1.29, 1.82) is 0 Å². The van der Waals surface area contributed by atoms with E-state index in [1.54, 1.807) is 18.4 Å². The molecule has 0 spiro atoms. The highest BCUT2D eigenvalue weighted by molar-refractivity contribution is 7.21. The van der Waals surface area contributed by atoms with Crippen LogP contribution < -0.4 is 5.32 Å². The van der Waals surface area contributed by atoms with Crippen molar-refractivity contribution < 1.29 is 9.15 Å². The number of nitrogens with one attached hydrogen (secondary N) is 1. The number of aromatic nitrogens is 1. The summed E-state index contributed by atoms with van der Waals surface area (Å²) in [5, 5.41) is 4.32. The Balaban J connectivity index is 1.56. The molecule has 0 saturated carbocycles. The first-order chi connectivity index (χ1) is 10.9. The van der Waals surface area contributed by atoms with Gasteiger partial charge in [0.15, 0.2) is 10.8 Å². The summed E-state index contributed by atoms with van der Waals surface area (Å²) in [6.07, 6.45) is 2.19. The standard InChI is InChI=1S/C17H20N2O2S/c1-20-11-5-4-10-18-12-13-8-9-15(21-13)17-19-14-6-2-3-7-16(14)22-17/h2-3,6-9,18H,4-5,10-12H2,1H3. The molecular formula is C17H20N2O2S. The molecule has 0 amide bonds. The minimum absolute atomic E-state index is 0.748. The third-order valence-electron chi connectivity index (χ3n) is 3.42. The highest BCUT2D eigenvalue weighted by Crippen LogP contribution is 2.30. The zero-order valence-corrected chi connectivity index (χ0v) is 13.5. The number of fused-ring (bicyclic) bond motifs is 1. The molecule has 3 aromatic rings. The number of methoxy groups -OCH3 is 1. The van der Waals surface area contributed by atoms with Crippen LogP contribution in [0.3, 0.4) is 0 Å². The van der Waals surface area contributed by atoms with Crippen LogP contribution in [0.2, 0.25) is 0 Å². The molecule has 0 aliphatic carbocycles. The topological polar surface area (TPSA) is 47.3 Å². The Hall–Kier alpha value is -1.69. The van der Waals surface area contributed by atoms with E-state index in [4.69, 9.17) is 9.15 Å². The summed E-state index contributed by atoms with van der Waals surface area (Å²) >= 11 is 1.66. The minimum atomic E-state index is 0.748. The molecule has 0 fully saturated rings. The first-order valence-electron chi connectivity index (χ1n) is 7.51. The molecule has 1 aromatic carbocycles. The number of benzene rings is 1. The maximum absolute atomic E-state index is 5.89. The molecule has 4 nitrogen and oxygen atoms in total. The number of hydrogen-bond donors (Lipinski definition) is 1. The molecular weight excluding hydrogens is 296 g/mol. The van der Waals surface area contributed by atoms with Gasteiger partial charge in [-0.15, -0.1) is 11.3 Å². The van der Waals surface area contributed by atoms with Crippen molar-refractivity contribution in [1.82, 2.24) is 10.3 Å². The van der Waals surface area contributed by atoms with Gasteiger partial charge in [-0.1, -0.05) is 12.1 Å². The zero-order valence-electron chi connectivity index (χ0n) is 12.7. The second-order valence-electron chi connectivity index (χ2n) is 5.13. The van der Waals surface area contributed by atoms with Crippen molar-refractivity contribution in [3.05, 3.63) is 42.2 Å². The van der Waals surface area contributed by atoms with Crippen molar-refractivity contribution in [2.45, 2.75) is 19.4 Å². The van der Waals surface area contributed by atoms with Crippen molar-refractivity contribution >= 4 is 21.6 Å². The number of nitrogens with zero attached hydrogens (tertiary/aromatic N) is 1. The molecule has 116 valence electrons. The van der Waals surface area contributed by atoms with Crippen LogP contribution in [0.4, 0.5) is 0 Å². The number of rotatable bonds is 8. The number of unbranched alkanes of at least 4 members (excludes halogenated alkanes) is 1. The third kappa shape index (κ3) is 3.74. The van der Waals surface area contributed by atoms with Gasteiger partial charge in [0.25, 0.3) is 0 Å². The summed E-state index contributed by atoms with van der Waals surface area (Å²) in [4.78, 5) is 4.62. The SMILES string of the molecule is COCCCCNCc1ccc(-c2nc3ccccc3s2)o1. The van der Waals surface area contributed by atoms with E-state index in [2.05, 4.69) is 16.4 Å². The summed E-state index contributed by atoms with van der Waals surface area (Å²) in [5.41, 5.74) is 1.02. The van der Waals surface area contributed by atoms with Gasteiger partial charge >= 0.3 is 0 Å². The fourth-order valence-corrected chi connectivity index (χ4v) is 3.20. The van der Waals surface area contributed by atoms with Crippen molar-refractivity contribution in [2.75, 3.05) is 20.3 Å². The van der Waals surface area contributed by atoms with Gasteiger partial charge in [0.2, 0.25) is 0 Å². The van der Waals surface area contributed by atoms with E-state index < -0.39 is 0 Å². The fraction of sp³-hybridized carbons (Fsp3) is 0.353. The van der Waals surface area contributed by atoms with E-state index in [0.29, 0.717) is 0 Å². The van der Waals surface area contributed by atoms with Crippen LogP contribution in [0.15, 0.2) is 40.8 Å². The van der Waals surface area contributed by atoms with Crippen LogP contribution in [0.1, 0.15) is 18.6 Å². The Morgan fingerprint density at radius 1 is 1.18 bits per heavy atom. The normalized spacial score (nSPS) is 11.3. The molecule has 0 unspecified atom stereocenters. The zero-order chi connectivity index (χ0) is 15.2. The molecule has 2 heterocycles. The van der Waals surface area contributed by atoms with Gasteiger partial charge in [0.05, 0.1) is 16.8 Å². The fourth-order valence-electron chi connectivity index (χ4n) is 2.27. The average molecular weight is 316 g/mol. The van der Waals surface area contributed by atoms with Crippen LogP contribution >= 0.6 is 11.3 Å². The predicted octanol–water partition coefficient (Wildman–Crippen LogP) is 4.07. The van der Waals surface area contributed by atoms with Gasteiger partial charge < -0.3 is 14.5 Å². The quantitative estimate of drug-likeness (QED) is 0.636. The Morgan fingerprint density at radius 2 is 2.09 bits per heavy atom. The van der Waals surface area contributed by atoms with Gasteiger partial charge in [-0.2, -0.15) is 0 Å². The number of para-hydroxylation sites is 1. The number of thiazole rings is 1. The van der Waals surface area contributed by atoms with Crippen molar-refractivity contribution in [2.24, 2.45) is 0 Å². The Labute approximate surface area is 134 Å². The van der Waals surface area contributed by atoms with Crippen molar-refractivity contribution in [3.63, 3.8) is 0 Å². The van der Waals surface area contributed by atoms with Crippen LogP contribution in [-0.4, -0.2) is 25.2 Å². The summed E-state index contributed by atoms with van der Waals surface area (Å²) in [6.45, 7) is 2.54. The van der Waals surface area contributed by atoms with Gasteiger partial charge in [0.1, 0.15) is 5.76 Å². The summed E-state index contributed by atoms with van der Waals surface area (Å²) < 4.78 is 12.1. The summed E-state index contributed by atoms with van der Waals surface area (Å²) in [6, 6.07) is 12.2. The van der Waals surface area contributed by atoms with Crippen LogP contribution in [0.25, 0.3) is 21.0 Å². The van der Waals surface area contributed by atoms with Crippen LogP contribution in [0, 0.1) is 0 Å². The van der Waals surface area contributed by atoms with Crippen molar-refractivity contribution in [3.8, 4) is 10.8 Å². The molecule has 0 aliphatic heterocycles. The largest absolute Gasteiger partial charge is 0.457 e. The van der Waals surface area contributed by atoms with Crippen LogP contribution in [0.5, 0.6) is 0 Å². The average Bonchev–Trinajstić information content (AvgIpc) is 3.16.